The number of aromatic nitrogens is 2. The van der Waals surface area contributed by atoms with Gasteiger partial charge in [0.15, 0.2) is 5.16 Å². The van der Waals surface area contributed by atoms with Crippen LogP contribution in [-0.2, 0) is 14.3 Å². The molecular formula is C16H20N2O4S. The zero-order valence-corrected chi connectivity index (χ0v) is 14.4. The molecule has 124 valence electrons. The van der Waals surface area contributed by atoms with Crippen LogP contribution in [0.4, 0.5) is 0 Å². The number of para-hydroxylation sites is 1. The molecule has 2 rings (SSSR count). The predicted molar refractivity (Wildman–Crippen MR) is 89.9 cm³/mol. The van der Waals surface area contributed by atoms with Gasteiger partial charge in [0.2, 0.25) is 0 Å². The molecule has 0 unspecified atom stereocenters. The van der Waals surface area contributed by atoms with E-state index in [1.54, 1.807) is 36.8 Å². The topological polar surface area (TPSA) is 70.4 Å². The molecule has 1 heterocycles. The molecular weight excluding hydrogens is 316 g/mol. The lowest BCUT2D eigenvalue weighted by Crippen LogP contribution is -2.29. The molecule has 0 aliphatic rings. The van der Waals surface area contributed by atoms with E-state index in [0.29, 0.717) is 22.7 Å². The lowest BCUT2D eigenvalue weighted by Gasteiger charge is -2.20. The fourth-order valence-electron chi connectivity index (χ4n) is 2.29. The number of fused-ring (bicyclic) bond motifs is 1. The molecule has 0 N–H and O–H groups in total. The van der Waals surface area contributed by atoms with Crippen molar-refractivity contribution in [2.24, 2.45) is 0 Å². The molecule has 6 nitrogen and oxygen atoms in total. The van der Waals surface area contributed by atoms with Crippen LogP contribution < -0.4 is 5.56 Å². The Balaban J connectivity index is 2.58. The van der Waals surface area contributed by atoms with Gasteiger partial charge in [0.1, 0.15) is 5.25 Å². The molecule has 0 radical (unpaired) electrons. The summed E-state index contributed by atoms with van der Waals surface area (Å²) in [5.41, 5.74) is 0.470. The average molecular weight is 336 g/mol. The van der Waals surface area contributed by atoms with Crippen LogP contribution in [-0.4, -0.2) is 41.6 Å². The van der Waals surface area contributed by atoms with Crippen molar-refractivity contribution < 1.29 is 14.3 Å². The number of ether oxygens (including phenoxy) is 2. The smallest absolute Gasteiger partial charge is 0.318 e. The van der Waals surface area contributed by atoms with Crippen LogP contribution in [0.25, 0.3) is 10.9 Å². The van der Waals surface area contributed by atoms with Gasteiger partial charge in [-0.1, -0.05) is 23.9 Å². The Morgan fingerprint density at radius 3 is 2.65 bits per heavy atom. The van der Waals surface area contributed by atoms with E-state index < -0.39 is 5.25 Å². The van der Waals surface area contributed by atoms with Crippen LogP contribution in [0.1, 0.15) is 19.9 Å². The van der Waals surface area contributed by atoms with Gasteiger partial charge in [0.25, 0.3) is 5.56 Å². The molecule has 23 heavy (non-hydrogen) atoms. The number of methoxy groups -OCH3 is 2. The number of nitrogens with zero attached hydrogens (tertiary/aromatic N) is 2. The zero-order valence-electron chi connectivity index (χ0n) is 13.6. The molecule has 0 aliphatic heterocycles. The predicted octanol–water partition coefficient (Wildman–Crippen LogP) is 2.26. The molecule has 1 aromatic carbocycles. The Labute approximate surface area is 138 Å². The number of rotatable bonds is 6. The van der Waals surface area contributed by atoms with Gasteiger partial charge >= 0.3 is 5.97 Å². The summed E-state index contributed by atoms with van der Waals surface area (Å²) in [5.74, 6) is -0.358. The number of hydrogen-bond donors (Lipinski definition) is 0. The second-order valence-corrected chi connectivity index (χ2v) is 6.48. The molecule has 0 saturated heterocycles. The van der Waals surface area contributed by atoms with Crippen molar-refractivity contribution in [3.05, 3.63) is 34.6 Å². The number of hydrogen-bond acceptors (Lipinski definition) is 6. The van der Waals surface area contributed by atoms with Crippen molar-refractivity contribution in [1.82, 2.24) is 9.55 Å². The fraction of sp³-hybridized carbons (Fsp3) is 0.438. The van der Waals surface area contributed by atoms with Crippen LogP contribution >= 0.6 is 11.8 Å². The van der Waals surface area contributed by atoms with Crippen molar-refractivity contribution in [3.63, 3.8) is 0 Å². The summed E-state index contributed by atoms with van der Waals surface area (Å²) in [6, 6.07) is 6.97. The highest BCUT2D eigenvalue weighted by atomic mass is 32.2. The Hall–Kier alpha value is -1.86. The highest BCUT2D eigenvalue weighted by Gasteiger charge is 2.22. The van der Waals surface area contributed by atoms with E-state index in [0.717, 1.165) is 0 Å². The first kappa shape index (κ1) is 17.5. The zero-order chi connectivity index (χ0) is 17.0. The molecule has 1 aromatic heterocycles. The summed E-state index contributed by atoms with van der Waals surface area (Å²) in [5, 5.41) is 0.565. The number of esters is 1. The Morgan fingerprint density at radius 1 is 1.30 bits per heavy atom. The van der Waals surface area contributed by atoms with Gasteiger partial charge in [-0.3, -0.25) is 14.2 Å². The number of thioether (sulfide) groups is 1. The molecule has 0 fully saturated rings. The minimum absolute atomic E-state index is 0.139. The first-order valence-corrected chi connectivity index (χ1v) is 8.12. The van der Waals surface area contributed by atoms with E-state index in [1.165, 1.54) is 18.9 Å². The number of carbonyl (C=O) groups is 1. The van der Waals surface area contributed by atoms with Crippen LogP contribution in [0.3, 0.4) is 0 Å². The number of carbonyl (C=O) groups excluding carboxylic acids is 1. The van der Waals surface area contributed by atoms with Gasteiger partial charge in [-0.05, 0) is 26.0 Å². The van der Waals surface area contributed by atoms with Crippen LogP contribution in [0.5, 0.6) is 0 Å². The normalized spacial score (nSPS) is 13.7. The summed E-state index contributed by atoms with van der Waals surface area (Å²) in [6.45, 7) is 3.98. The molecule has 0 aliphatic carbocycles. The maximum absolute atomic E-state index is 12.8. The third-order valence-corrected chi connectivity index (χ3v) is 4.48. The van der Waals surface area contributed by atoms with E-state index in [-0.39, 0.29) is 17.6 Å². The highest BCUT2D eigenvalue weighted by molar-refractivity contribution is 8.00. The molecule has 0 spiro atoms. The van der Waals surface area contributed by atoms with Crippen molar-refractivity contribution in [3.8, 4) is 0 Å². The van der Waals surface area contributed by atoms with Gasteiger partial charge in [0, 0.05) is 7.11 Å². The van der Waals surface area contributed by atoms with Crippen LogP contribution in [0.2, 0.25) is 0 Å². The van der Waals surface area contributed by atoms with Crippen molar-refractivity contribution >= 4 is 28.6 Å². The first-order valence-electron chi connectivity index (χ1n) is 7.24. The Morgan fingerprint density at radius 2 is 2.00 bits per heavy atom. The average Bonchev–Trinajstić information content (AvgIpc) is 2.54. The van der Waals surface area contributed by atoms with E-state index in [9.17, 15) is 9.59 Å². The van der Waals surface area contributed by atoms with Gasteiger partial charge in [-0.15, -0.1) is 0 Å². The largest absolute Gasteiger partial charge is 0.468 e. The van der Waals surface area contributed by atoms with Gasteiger partial charge in [0.05, 0.1) is 30.7 Å². The van der Waals surface area contributed by atoms with Gasteiger partial charge < -0.3 is 9.47 Å². The Bertz CT molecular complexity index is 759. The second-order valence-electron chi connectivity index (χ2n) is 5.17. The van der Waals surface area contributed by atoms with Crippen LogP contribution in [0, 0.1) is 0 Å². The van der Waals surface area contributed by atoms with E-state index in [1.807, 2.05) is 13.0 Å². The van der Waals surface area contributed by atoms with Crippen LogP contribution in [0.15, 0.2) is 34.2 Å². The SMILES string of the molecule is COC[C@@H](C)n1c(S[C@H](C)C(=O)OC)nc2ccccc2c1=O. The van der Waals surface area contributed by atoms with E-state index >= 15 is 0 Å². The standard InChI is InChI=1S/C16H20N2O4S/c1-10(9-21-3)18-14(19)12-7-5-6-8-13(12)17-16(18)23-11(2)15(20)22-4/h5-8,10-11H,9H2,1-4H3/t10-,11-/m1/s1. The summed E-state index contributed by atoms with van der Waals surface area (Å²) in [7, 11) is 2.92. The molecule has 0 saturated carbocycles. The monoisotopic (exact) mass is 336 g/mol. The minimum Gasteiger partial charge on any atom is -0.468 e. The lowest BCUT2D eigenvalue weighted by atomic mass is 10.2. The maximum atomic E-state index is 12.8. The molecule has 0 amide bonds. The minimum atomic E-state index is -0.464. The summed E-state index contributed by atoms with van der Waals surface area (Å²) >= 11 is 1.21. The first-order chi connectivity index (χ1) is 11.0. The molecule has 2 atom stereocenters. The third-order valence-electron chi connectivity index (χ3n) is 3.44. The quantitative estimate of drug-likeness (QED) is 0.458. The molecule has 2 aromatic rings. The highest BCUT2D eigenvalue weighted by Crippen LogP contribution is 2.25. The van der Waals surface area contributed by atoms with E-state index in [4.69, 9.17) is 9.47 Å². The Kier molecular flexibility index (Phi) is 5.79. The number of benzene rings is 1. The summed E-state index contributed by atoms with van der Waals surface area (Å²) < 4.78 is 11.5. The fourth-order valence-corrected chi connectivity index (χ4v) is 3.32. The maximum Gasteiger partial charge on any atom is 0.318 e. The lowest BCUT2D eigenvalue weighted by molar-refractivity contribution is -0.139. The second kappa shape index (κ2) is 7.61. The molecule has 7 heteroatoms. The summed E-state index contributed by atoms with van der Waals surface area (Å²) in [4.78, 5) is 29.1. The van der Waals surface area contributed by atoms with Crippen molar-refractivity contribution in [1.29, 1.82) is 0 Å². The van der Waals surface area contributed by atoms with E-state index in [2.05, 4.69) is 4.98 Å². The molecule has 0 bridgehead atoms. The summed E-state index contributed by atoms with van der Waals surface area (Å²) in [6.07, 6.45) is 0. The van der Waals surface area contributed by atoms with Gasteiger partial charge in [-0.25, -0.2) is 4.98 Å². The van der Waals surface area contributed by atoms with Crippen molar-refractivity contribution in [2.75, 3.05) is 20.8 Å². The van der Waals surface area contributed by atoms with Crippen molar-refractivity contribution in [2.45, 2.75) is 30.3 Å². The van der Waals surface area contributed by atoms with Gasteiger partial charge in [-0.2, -0.15) is 0 Å². The third kappa shape index (κ3) is 3.73.